The van der Waals surface area contributed by atoms with E-state index in [0.717, 1.165) is 34.6 Å². The molecule has 2 heterocycles. The maximum atomic E-state index is 5.37. The highest BCUT2D eigenvalue weighted by atomic mass is 16.5. The maximum absolute atomic E-state index is 5.37. The van der Waals surface area contributed by atoms with Crippen LogP contribution in [0, 0.1) is 6.92 Å². The molecule has 0 aliphatic rings. The Bertz CT molecular complexity index is 502. The third-order valence-corrected chi connectivity index (χ3v) is 2.57. The fourth-order valence-electron chi connectivity index (χ4n) is 1.80. The average Bonchev–Trinajstić information content (AvgIpc) is 2.53. The molecule has 0 amide bonds. The van der Waals surface area contributed by atoms with Crippen LogP contribution >= 0.6 is 0 Å². The van der Waals surface area contributed by atoms with Gasteiger partial charge in [0.1, 0.15) is 5.75 Å². The molecule has 2 aromatic rings. The molecule has 2 aromatic heterocycles. The van der Waals surface area contributed by atoms with Crippen LogP contribution in [0.3, 0.4) is 0 Å². The molecule has 0 spiro atoms. The van der Waals surface area contributed by atoms with Crippen molar-refractivity contribution in [2.45, 2.75) is 20.3 Å². The predicted octanol–water partition coefficient (Wildman–Crippen LogP) is 1.85. The molecule has 0 aromatic carbocycles. The molecule has 0 fully saturated rings. The van der Waals surface area contributed by atoms with Gasteiger partial charge in [-0.3, -0.25) is 4.68 Å². The highest BCUT2D eigenvalue weighted by Crippen LogP contribution is 2.27. The normalized spacial score (nSPS) is 10.9. The largest absolute Gasteiger partial charge is 0.496 e. The Morgan fingerprint density at radius 1 is 1.47 bits per heavy atom. The van der Waals surface area contributed by atoms with Crippen LogP contribution in [0.2, 0.25) is 0 Å². The summed E-state index contributed by atoms with van der Waals surface area (Å²) >= 11 is 0. The molecule has 0 radical (unpaired) electrons. The van der Waals surface area contributed by atoms with E-state index >= 15 is 0 Å². The van der Waals surface area contributed by atoms with Crippen LogP contribution in [0.15, 0.2) is 6.07 Å². The summed E-state index contributed by atoms with van der Waals surface area (Å²) in [5, 5.41) is 5.36. The van der Waals surface area contributed by atoms with Gasteiger partial charge in [0.15, 0.2) is 5.65 Å². The van der Waals surface area contributed by atoms with E-state index in [1.165, 1.54) is 0 Å². The first-order chi connectivity index (χ1) is 7.17. The van der Waals surface area contributed by atoms with E-state index in [1.54, 1.807) is 11.8 Å². The van der Waals surface area contributed by atoms with E-state index in [1.807, 2.05) is 20.0 Å². The first-order valence-corrected chi connectivity index (χ1v) is 5.04. The van der Waals surface area contributed by atoms with E-state index in [2.05, 4.69) is 17.0 Å². The summed E-state index contributed by atoms with van der Waals surface area (Å²) < 4.78 is 7.17. The maximum Gasteiger partial charge on any atom is 0.161 e. The Labute approximate surface area is 88.9 Å². The summed E-state index contributed by atoms with van der Waals surface area (Å²) in [5.74, 6) is 0.863. The second-order valence-corrected chi connectivity index (χ2v) is 3.58. The van der Waals surface area contributed by atoms with E-state index < -0.39 is 0 Å². The van der Waals surface area contributed by atoms with Crippen molar-refractivity contribution in [3.05, 3.63) is 17.5 Å². The van der Waals surface area contributed by atoms with Crippen LogP contribution in [0.25, 0.3) is 11.0 Å². The Morgan fingerprint density at radius 2 is 2.20 bits per heavy atom. The molecule has 4 heteroatoms. The molecule has 0 atom stereocenters. The molecule has 0 saturated heterocycles. The smallest absolute Gasteiger partial charge is 0.161 e. The van der Waals surface area contributed by atoms with E-state index in [9.17, 15) is 0 Å². The number of hydrogen-bond donors (Lipinski definition) is 0. The topological polar surface area (TPSA) is 39.9 Å². The third kappa shape index (κ3) is 1.46. The molecule has 0 N–H and O–H groups in total. The van der Waals surface area contributed by atoms with Crippen LogP contribution in [0.4, 0.5) is 0 Å². The lowest BCUT2D eigenvalue weighted by Crippen LogP contribution is -1.96. The first-order valence-electron chi connectivity index (χ1n) is 5.04. The second kappa shape index (κ2) is 3.53. The summed E-state index contributed by atoms with van der Waals surface area (Å²) in [7, 11) is 3.59. The van der Waals surface area contributed by atoms with E-state index in [-0.39, 0.29) is 0 Å². The third-order valence-electron chi connectivity index (χ3n) is 2.57. The molecule has 0 saturated carbocycles. The van der Waals surface area contributed by atoms with Crippen molar-refractivity contribution in [3.63, 3.8) is 0 Å². The Hall–Kier alpha value is -1.58. The number of pyridine rings is 1. The van der Waals surface area contributed by atoms with Crippen LogP contribution in [0.5, 0.6) is 5.75 Å². The lowest BCUT2D eigenvalue weighted by Gasteiger charge is -2.04. The van der Waals surface area contributed by atoms with Crippen molar-refractivity contribution < 1.29 is 4.74 Å². The van der Waals surface area contributed by atoms with Gasteiger partial charge in [0.05, 0.1) is 18.2 Å². The van der Waals surface area contributed by atoms with Gasteiger partial charge in [-0.1, -0.05) is 6.92 Å². The first kappa shape index (κ1) is 9.96. The van der Waals surface area contributed by atoms with Crippen LogP contribution in [-0.4, -0.2) is 21.9 Å². The van der Waals surface area contributed by atoms with Crippen LogP contribution < -0.4 is 4.74 Å². The van der Waals surface area contributed by atoms with Crippen LogP contribution in [0.1, 0.15) is 18.3 Å². The summed E-state index contributed by atoms with van der Waals surface area (Å²) in [6.45, 7) is 4.05. The van der Waals surface area contributed by atoms with Crippen molar-refractivity contribution in [1.82, 2.24) is 14.8 Å². The molecular weight excluding hydrogens is 190 g/mol. The zero-order valence-electron chi connectivity index (χ0n) is 9.53. The van der Waals surface area contributed by atoms with Gasteiger partial charge in [0.25, 0.3) is 0 Å². The number of aryl methyl sites for hydroxylation is 3. The number of hydrogen-bond acceptors (Lipinski definition) is 3. The predicted molar refractivity (Wildman–Crippen MR) is 59.2 cm³/mol. The van der Waals surface area contributed by atoms with Crippen molar-refractivity contribution in [1.29, 1.82) is 0 Å². The van der Waals surface area contributed by atoms with Crippen molar-refractivity contribution >= 4 is 11.0 Å². The van der Waals surface area contributed by atoms with Gasteiger partial charge in [-0.15, -0.1) is 0 Å². The summed E-state index contributed by atoms with van der Waals surface area (Å²) in [6.07, 6.45) is 0.899. The van der Waals surface area contributed by atoms with Gasteiger partial charge in [-0.05, 0) is 13.3 Å². The van der Waals surface area contributed by atoms with E-state index in [4.69, 9.17) is 4.74 Å². The van der Waals surface area contributed by atoms with Gasteiger partial charge >= 0.3 is 0 Å². The van der Waals surface area contributed by atoms with E-state index in [0.29, 0.717) is 0 Å². The number of nitrogens with zero attached hydrogens (tertiary/aromatic N) is 3. The summed E-state index contributed by atoms with van der Waals surface area (Å²) in [4.78, 5) is 4.54. The average molecular weight is 205 g/mol. The van der Waals surface area contributed by atoms with Crippen molar-refractivity contribution in [2.24, 2.45) is 7.05 Å². The van der Waals surface area contributed by atoms with Gasteiger partial charge in [0.2, 0.25) is 0 Å². The molecule has 4 nitrogen and oxygen atoms in total. The lowest BCUT2D eigenvalue weighted by molar-refractivity contribution is 0.418. The molecule has 0 aliphatic carbocycles. The quantitative estimate of drug-likeness (QED) is 0.751. The number of methoxy groups -OCH3 is 1. The zero-order valence-corrected chi connectivity index (χ0v) is 9.53. The second-order valence-electron chi connectivity index (χ2n) is 3.58. The fourth-order valence-corrected chi connectivity index (χ4v) is 1.80. The van der Waals surface area contributed by atoms with Crippen LogP contribution in [-0.2, 0) is 13.5 Å². The zero-order chi connectivity index (χ0) is 11.0. The molecule has 2 rings (SSSR count). The molecule has 0 unspecified atom stereocenters. The Morgan fingerprint density at radius 3 is 2.80 bits per heavy atom. The monoisotopic (exact) mass is 205 g/mol. The van der Waals surface area contributed by atoms with Crippen molar-refractivity contribution in [3.8, 4) is 5.75 Å². The Kier molecular flexibility index (Phi) is 2.34. The fraction of sp³-hybridized carbons (Fsp3) is 0.455. The van der Waals surface area contributed by atoms with Gasteiger partial charge in [-0.2, -0.15) is 5.10 Å². The molecular formula is C11H15N3O. The minimum atomic E-state index is 0.863. The highest BCUT2D eigenvalue weighted by molar-refractivity contribution is 5.85. The molecule has 0 aliphatic heterocycles. The molecule has 15 heavy (non-hydrogen) atoms. The minimum Gasteiger partial charge on any atom is -0.496 e. The SMILES string of the molecule is CCc1cc(OC)c2c(C)nn(C)c2n1. The lowest BCUT2D eigenvalue weighted by atomic mass is 10.2. The standard InChI is InChI=1S/C11H15N3O/c1-5-8-6-9(15-4)10-7(2)13-14(3)11(10)12-8/h6H,5H2,1-4H3. The molecule has 0 bridgehead atoms. The minimum absolute atomic E-state index is 0.863. The number of ether oxygens (including phenoxy) is 1. The number of fused-ring (bicyclic) bond motifs is 1. The highest BCUT2D eigenvalue weighted by Gasteiger charge is 2.12. The van der Waals surface area contributed by atoms with Gasteiger partial charge < -0.3 is 4.74 Å². The summed E-state index contributed by atoms with van der Waals surface area (Å²) in [6, 6.07) is 1.98. The van der Waals surface area contributed by atoms with Crippen molar-refractivity contribution in [2.75, 3.05) is 7.11 Å². The molecule has 80 valence electrons. The number of rotatable bonds is 2. The van der Waals surface area contributed by atoms with Gasteiger partial charge in [0, 0.05) is 18.8 Å². The summed E-state index contributed by atoms with van der Waals surface area (Å²) in [5.41, 5.74) is 2.88. The van der Waals surface area contributed by atoms with Gasteiger partial charge in [-0.25, -0.2) is 4.98 Å². The Balaban J connectivity index is 2.83. The number of aromatic nitrogens is 3.